The summed E-state index contributed by atoms with van der Waals surface area (Å²) in [6.45, 7) is 8.44. The third-order valence-electron chi connectivity index (χ3n) is 5.18. The second-order valence-corrected chi connectivity index (χ2v) is 8.70. The van der Waals surface area contributed by atoms with Gasteiger partial charge >= 0.3 is 0 Å². The molecule has 32 heavy (non-hydrogen) atoms. The molecule has 0 fully saturated rings. The molecule has 0 atom stereocenters. The second kappa shape index (κ2) is 10.4. The number of halogens is 1. The number of carbonyl (C=O) groups is 2. The maximum atomic E-state index is 12.2. The van der Waals surface area contributed by atoms with Crippen LogP contribution in [0, 0.1) is 27.7 Å². The number of nitrogens with one attached hydrogen (secondary N) is 2. The molecule has 7 heteroatoms. The fraction of sp³-hybridized carbons (Fsp3) is 0.240. The van der Waals surface area contributed by atoms with Gasteiger partial charge in [0.1, 0.15) is 0 Å². The van der Waals surface area contributed by atoms with Gasteiger partial charge in [0, 0.05) is 27.5 Å². The Morgan fingerprint density at radius 3 is 2.47 bits per heavy atom. The lowest BCUT2D eigenvalue weighted by atomic mass is 10.1. The zero-order chi connectivity index (χ0) is 23.3. The standard InChI is InChI=1S/C25H27BrN4O2/c1-16-5-7-20(8-6-16)15-30-19(4)22(18(3)29-30)10-12-24(31)27-14-25(32)28-23-11-9-21(26)13-17(23)2/h5-13H,14-15H2,1-4H3,(H,27,31)(H,28,32)/b12-10+. The number of rotatable bonds is 7. The van der Waals surface area contributed by atoms with Crippen LogP contribution < -0.4 is 10.6 Å². The molecule has 0 aliphatic rings. The minimum Gasteiger partial charge on any atom is -0.343 e. The molecule has 0 unspecified atom stereocenters. The summed E-state index contributed by atoms with van der Waals surface area (Å²) in [5, 5.41) is 10.0. The van der Waals surface area contributed by atoms with Crippen LogP contribution in [0.4, 0.5) is 5.69 Å². The van der Waals surface area contributed by atoms with E-state index in [1.54, 1.807) is 6.08 Å². The fourth-order valence-electron chi connectivity index (χ4n) is 3.32. The van der Waals surface area contributed by atoms with Crippen LogP contribution in [0.2, 0.25) is 0 Å². The van der Waals surface area contributed by atoms with Crippen LogP contribution in [0.15, 0.2) is 53.0 Å². The van der Waals surface area contributed by atoms with Crippen molar-refractivity contribution < 1.29 is 9.59 Å². The molecular formula is C25H27BrN4O2. The lowest BCUT2D eigenvalue weighted by Gasteiger charge is -2.09. The van der Waals surface area contributed by atoms with Gasteiger partial charge in [-0.25, -0.2) is 0 Å². The molecule has 3 rings (SSSR count). The van der Waals surface area contributed by atoms with E-state index in [4.69, 9.17) is 0 Å². The molecule has 0 aliphatic carbocycles. The van der Waals surface area contributed by atoms with Gasteiger partial charge in [-0.2, -0.15) is 5.10 Å². The minimum atomic E-state index is -0.335. The maximum absolute atomic E-state index is 12.2. The molecule has 1 heterocycles. The summed E-state index contributed by atoms with van der Waals surface area (Å²) in [7, 11) is 0. The Morgan fingerprint density at radius 2 is 1.78 bits per heavy atom. The number of hydrogen-bond acceptors (Lipinski definition) is 3. The molecule has 0 saturated heterocycles. The van der Waals surface area contributed by atoms with Crippen molar-refractivity contribution in [2.75, 3.05) is 11.9 Å². The second-order valence-electron chi connectivity index (χ2n) is 7.79. The average molecular weight is 495 g/mol. The molecule has 0 saturated carbocycles. The Balaban J connectivity index is 1.57. The SMILES string of the molecule is Cc1ccc(Cn2nc(C)c(/C=C/C(=O)NCC(=O)Nc3ccc(Br)cc3C)c2C)cc1. The number of carbonyl (C=O) groups excluding carboxylic acids is 2. The van der Waals surface area contributed by atoms with E-state index in [0.717, 1.165) is 32.7 Å². The van der Waals surface area contributed by atoms with E-state index in [9.17, 15) is 9.59 Å². The fourth-order valence-corrected chi connectivity index (χ4v) is 3.79. The number of amides is 2. The quantitative estimate of drug-likeness (QED) is 0.467. The monoisotopic (exact) mass is 494 g/mol. The molecule has 2 amide bonds. The van der Waals surface area contributed by atoms with Gasteiger partial charge in [-0.3, -0.25) is 14.3 Å². The molecule has 0 aliphatic heterocycles. The molecule has 166 valence electrons. The molecular weight excluding hydrogens is 468 g/mol. The minimum absolute atomic E-state index is 0.108. The Labute approximate surface area is 196 Å². The largest absolute Gasteiger partial charge is 0.343 e. The molecule has 1 aromatic heterocycles. The Hall–Kier alpha value is -3.19. The number of aryl methyl sites for hydroxylation is 3. The lowest BCUT2D eigenvalue weighted by Crippen LogP contribution is -2.31. The normalized spacial score (nSPS) is 11.0. The average Bonchev–Trinajstić information content (AvgIpc) is 3.01. The summed E-state index contributed by atoms with van der Waals surface area (Å²) in [5.74, 6) is -0.617. The van der Waals surface area contributed by atoms with Gasteiger partial charge in [0.15, 0.2) is 0 Å². The third-order valence-corrected chi connectivity index (χ3v) is 5.67. The van der Waals surface area contributed by atoms with Crippen molar-refractivity contribution in [3.63, 3.8) is 0 Å². The van der Waals surface area contributed by atoms with Gasteiger partial charge in [0.25, 0.3) is 0 Å². The Bertz CT molecular complexity index is 1160. The summed E-state index contributed by atoms with van der Waals surface area (Å²) in [6, 6.07) is 13.9. The third kappa shape index (κ3) is 6.17. The van der Waals surface area contributed by atoms with Crippen LogP contribution in [0.3, 0.4) is 0 Å². The van der Waals surface area contributed by atoms with Crippen molar-refractivity contribution in [1.29, 1.82) is 0 Å². The summed E-state index contributed by atoms with van der Waals surface area (Å²) in [4.78, 5) is 24.4. The van der Waals surface area contributed by atoms with E-state index in [1.807, 2.05) is 43.7 Å². The lowest BCUT2D eigenvalue weighted by molar-refractivity contribution is -0.121. The highest BCUT2D eigenvalue weighted by atomic mass is 79.9. The molecule has 0 bridgehead atoms. The number of anilines is 1. The molecule has 2 aromatic carbocycles. The van der Waals surface area contributed by atoms with Crippen LogP contribution >= 0.6 is 15.9 Å². The summed E-state index contributed by atoms with van der Waals surface area (Å²) < 4.78 is 2.88. The zero-order valence-electron chi connectivity index (χ0n) is 18.7. The van der Waals surface area contributed by atoms with E-state index in [-0.39, 0.29) is 18.4 Å². The summed E-state index contributed by atoms with van der Waals surface area (Å²) >= 11 is 3.40. The molecule has 3 aromatic rings. The van der Waals surface area contributed by atoms with Gasteiger partial charge in [-0.15, -0.1) is 0 Å². The van der Waals surface area contributed by atoms with Crippen LogP contribution in [0.1, 0.15) is 33.6 Å². The molecule has 2 N–H and O–H groups in total. The number of hydrogen-bond donors (Lipinski definition) is 2. The molecule has 0 radical (unpaired) electrons. The first-order chi connectivity index (χ1) is 15.2. The molecule has 6 nitrogen and oxygen atoms in total. The van der Waals surface area contributed by atoms with Gasteiger partial charge in [0.05, 0.1) is 18.8 Å². The predicted octanol–water partition coefficient (Wildman–Crippen LogP) is 4.70. The van der Waals surface area contributed by atoms with Crippen molar-refractivity contribution in [3.8, 4) is 0 Å². The first-order valence-electron chi connectivity index (χ1n) is 10.3. The first kappa shape index (κ1) is 23.5. The van der Waals surface area contributed by atoms with E-state index in [0.29, 0.717) is 6.54 Å². The first-order valence-corrected chi connectivity index (χ1v) is 11.1. The Morgan fingerprint density at radius 1 is 1.06 bits per heavy atom. The Kier molecular flexibility index (Phi) is 7.64. The van der Waals surface area contributed by atoms with Crippen molar-refractivity contribution in [3.05, 3.63) is 86.7 Å². The highest BCUT2D eigenvalue weighted by Gasteiger charge is 2.11. The van der Waals surface area contributed by atoms with E-state index in [2.05, 4.69) is 62.9 Å². The van der Waals surface area contributed by atoms with Gasteiger partial charge in [0.2, 0.25) is 11.8 Å². The van der Waals surface area contributed by atoms with E-state index >= 15 is 0 Å². The van der Waals surface area contributed by atoms with Crippen molar-refractivity contribution >= 4 is 39.5 Å². The zero-order valence-corrected chi connectivity index (χ0v) is 20.3. The highest BCUT2D eigenvalue weighted by molar-refractivity contribution is 9.10. The van der Waals surface area contributed by atoms with Gasteiger partial charge in [-0.1, -0.05) is 45.8 Å². The van der Waals surface area contributed by atoms with Crippen LogP contribution in [-0.2, 0) is 16.1 Å². The number of nitrogens with zero attached hydrogens (tertiary/aromatic N) is 2. The summed E-state index contributed by atoms with van der Waals surface area (Å²) in [6.07, 6.45) is 3.18. The smallest absolute Gasteiger partial charge is 0.244 e. The van der Waals surface area contributed by atoms with Crippen molar-refractivity contribution in [1.82, 2.24) is 15.1 Å². The van der Waals surface area contributed by atoms with Crippen molar-refractivity contribution in [2.45, 2.75) is 34.2 Å². The van der Waals surface area contributed by atoms with Gasteiger partial charge in [-0.05, 0) is 63.1 Å². The van der Waals surface area contributed by atoms with Crippen molar-refractivity contribution in [2.24, 2.45) is 0 Å². The van der Waals surface area contributed by atoms with Crippen LogP contribution in [0.25, 0.3) is 6.08 Å². The van der Waals surface area contributed by atoms with E-state index < -0.39 is 0 Å². The summed E-state index contributed by atoms with van der Waals surface area (Å²) in [5.41, 5.74) is 6.78. The number of benzene rings is 2. The number of aromatic nitrogens is 2. The van der Waals surface area contributed by atoms with E-state index in [1.165, 1.54) is 17.2 Å². The molecule has 0 spiro atoms. The van der Waals surface area contributed by atoms with Crippen LogP contribution in [0.5, 0.6) is 0 Å². The topological polar surface area (TPSA) is 76.0 Å². The highest BCUT2D eigenvalue weighted by Crippen LogP contribution is 2.20. The van der Waals surface area contributed by atoms with Gasteiger partial charge < -0.3 is 10.6 Å². The van der Waals surface area contributed by atoms with Crippen LogP contribution in [-0.4, -0.2) is 28.1 Å². The predicted molar refractivity (Wildman–Crippen MR) is 132 cm³/mol. The maximum Gasteiger partial charge on any atom is 0.244 e.